The van der Waals surface area contributed by atoms with Crippen LogP contribution in [0.4, 0.5) is 0 Å². The molecule has 3 aromatic rings. The third-order valence-electron chi connectivity index (χ3n) is 4.44. The van der Waals surface area contributed by atoms with E-state index in [2.05, 4.69) is 4.40 Å². The Hall–Kier alpha value is -2.54. The number of esters is 1. The Bertz CT molecular complexity index is 1080. The summed E-state index contributed by atoms with van der Waals surface area (Å²) in [4.78, 5) is 13.9. The molecular weight excluding hydrogens is 426 g/mol. The summed E-state index contributed by atoms with van der Waals surface area (Å²) in [6, 6.07) is 23.4. The molecule has 6 heteroatoms. The number of ether oxygens (including phenoxy) is 1. The highest BCUT2D eigenvalue weighted by molar-refractivity contribution is 7.99. The number of hydrogen-bond donors (Lipinski definition) is 0. The van der Waals surface area contributed by atoms with Gasteiger partial charge in [0, 0.05) is 15.4 Å². The second kappa shape index (κ2) is 10.2. The normalized spacial score (nSPS) is 12.7. The first-order valence-electron chi connectivity index (χ1n) is 9.80. The van der Waals surface area contributed by atoms with Crippen LogP contribution in [0.5, 0.6) is 0 Å². The average Bonchev–Trinajstić information content (AvgIpc) is 2.78. The Morgan fingerprint density at radius 2 is 1.65 bits per heavy atom. The highest BCUT2D eigenvalue weighted by Gasteiger charge is 2.26. The van der Waals surface area contributed by atoms with Gasteiger partial charge in [-0.1, -0.05) is 64.7 Å². The highest BCUT2D eigenvalue weighted by atomic mass is 32.2. The maximum absolute atomic E-state index is 12.5. The van der Waals surface area contributed by atoms with Gasteiger partial charge in [-0.25, -0.2) is 4.79 Å². The van der Waals surface area contributed by atoms with Crippen molar-refractivity contribution in [1.82, 2.24) is 0 Å². The summed E-state index contributed by atoms with van der Waals surface area (Å²) in [6.45, 7) is 5.68. The SMILES string of the molecule is COC(=O)c1ccccc1Sc1ccc(-c2ccccc2)cc1C=N[S+]([O-])C(C)(C)C. The van der Waals surface area contributed by atoms with E-state index in [-0.39, 0.29) is 5.97 Å². The largest absolute Gasteiger partial charge is 0.591 e. The minimum Gasteiger partial charge on any atom is -0.591 e. The summed E-state index contributed by atoms with van der Waals surface area (Å²) in [6.07, 6.45) is 1.66. The van der Waals surface area contributed by atoms with Crippen LogP contribution in [0.15, 0.2) is 87.0 Å². The summed E-state index contributed by atoms with van der Waals surface area (Å²) in [7, 11) is 1.37. The molecule has 0 bridgehead atoms. The third kappa shape index (κ3) is 6.00. The van der Waals surface area contributed by atoms with Gasteiger partial charge in [0.2, 0.25) is 0 Å². The van der Waals surface area contributed by atoms with E-state index in [1.807, 2.05) is 87.5 Å². The molecule has 0 aliphatic rings. The van der Waals surface area contributed by atoms with E-state index in [1.165, 1.54) is 18.9 Å². The molecule has 0 aliphatic carbocycles. The number of hydrogen-bond acceptors (Lipinski definition) is 5. The molecule has 1 unspecified atom stereocenters. The standard InChI is InChI=1S/C25H25NO3S2/c1-25(2,3)31(28)26-17-20-16-19(18-10-6-5-7-11-18)14-15-22(20)30-23-13-9-8-12-21(23)24(27)29-4/h5-17H,1-4H3. The van der Waals surface area contributed by atoms with Crippen LogP contribution in [-0.2, 0) is 16.1 Å². The van der Waals surface area contributed by atoms with Gasteiger partial charge in [-0.05, 0) is 56.2 Å². The molecule has 0 heterocycles. The molecule has 0 aromatic heterocycles. The molecule has 0 radical (unpaired) electrons. The Kier molecular flexibility index (Phi) is 7.59. The molecule has 1 atom stereocenters. The van der Waals surface area contributed by atoms with Crippen LogP contribution < -0.4 is 0 Å². The van der Waals surface area contributed by atoms with Crippen molar-refractivity contribution >= 4 is 35.3 Å². The minimum absolute atomic E-state index is 0.381. The zero-order valence-corrected chi connectivity index (χ0v) is 19.6. The Morgan fingerprint density at radius 3 is 2.32 bits per heavy atom. The Labute approximate surface area is 191 Å². The van der Waals surface area contributed by atoms with Crippen molar-refractivity contribution in [3.05, 3.63) is 83.9 Å². The van der Waals surface area contributed by atoms with Gasteiger partial charge in [-0.15, -0.1) is 0 Å². The zero-order valence-electron chi connectivity index (χ0n) is 18.0. The number of rotatable bonds is 6. The quantitative estimate of drug-likeness (QED) is 0.255. The maximum Gasteiger partial charge on any atom is 0.339 e. The van der Waals surface area contributed by atoms with Crippen LogP contribution in [0.3, 0.4) is 0 Å². The van der Waals surface area contributed by atoms with E-state index in [0.717, 1.165) is 26.5 Å². The zero-order chi connectivity index (χ0) is 22.4. The molecule has 0 saturated carbocycles. The van der Waals surface area contributed by atoms with E-state index in [9.17, 15) is 9.35 Å². The minimum atomic E-state index is -1.37. The molecule has 3 aromatic carbocycles. The number of benzene rings is 3. The van der Waals surface area contributed by atoms with Crippen LogP contribution in [0.1, 0.15) is 36.7 Å². The van der Waals surface area contributed by atoms with Gasteiger partial charge in [0.05, 0.1) is 18.9 Å². The summed E-state index contributed by atoms with van der Waals surface area (Å²) in [5.74, 6) is -0.381. The Balaban J connectivity index is 2.03. The number of carbonyl (C=O) groups excluding carboxylic acids is 1. The second-order valence-electron chi connectivity index (χ2n) is 7.80. The fourth-order valence-corrected chi connectivity index (χ4v) is 4.30. The molecule has 160 valence electrons. The lowest BCUT2D eigenvalue weighted by Crippen LogP contribution is -2.25. The first kappa shape index (κ1) is 23.1. The van der Waals surface area contributed by atoms with Gasteiger partial charge in [0.25, 0.3) is 0 Å². The van der Waals surface area contributed by atoms with Gasteiger partial charge in [0.15, 0.2) is 0 Å². The first-order valence-corrected chi connectivity index (χ1v) is 11.7. The molecule has 31 heavy (non-hydrogen) atoms. The smallest absolute Gasteiger partial charge is 0.339 e. The molecular formula is C25H25NO3S2. The lowest BCUT2D eigenvalue weighted by Gasteiger charge is -2.18. The maximum atomic E-state index is 12.5. The van der Waals surface area contributed by atoms with E-state index in [4.69, 9.17) is 4.74 Å². The lowest BCUT2D eigenvalue weighted by molar-refractivity contribution is 0.0597. The predicted molar refractivity (Wildman–Crippen MR) is 129 cm³/mol. The van der Waals surface area contributed by atoms with Gasteiger partial charge >= 0.3 is 5.97 Å². The van der Waals surface area contributed by atoms with Gasteiger partial charge in [-0.3, -0.25) is 0 Å². The molecule has 0 fully saturated rings. The predicted octanol–water partition coefficient (Wildman–Crippen LogP) is 6.17. The van der Waals surface area contributed by atoms with Crippen molar-refractivity contribution in [2.45, 2.75) is 35.3 Å². The van der Waals surface area contributed by atoms with E-state index in [1.54, 1.807) is 12.3 Å². The van der Waals surface area contributed by atoms with E-state index >= 15 is 0 Å². The molecule has 3 rings (SSSR count). The Morgan fingerprint density at radius 1 is 0.968 bits per heavy atom. The number of carbonyl (C=O) groups is 1. The fraction of sp³-hybridized carbons (Fsp3) is 0.200. The van der Waals surface area contributed by atoms with Crippen molar-refractivity contribution in [3.63, 3.8) is 0 Å². The molecule has 0 N–H and O–H groups in total. The van der Waals surface area contributed by atoms with Crippen molar-refractivity contribution in [2.24, 2.45) is 4.40 Å². The van der Waals surface area contributed by atoms with Crippen molar-refractivity contribution in [2.75, 3.05) is 7.11 Å². The van der Waals surface area contributed by atoms with Crippen LogP contribution in [-0.4, -0.2) is 28.6 Å². The lowest BCUT2D eigenvalue weighted by atomic mass is 10.0. The summed E-state index contributed by atoms with van der Waals surface area (Å²) in [5.41, 5.74) is 3.46. The van der Waals surface area contributed by atoms with Crippen molar-refractivity contribution in [1.29, 1.82) is 0 Å². The van der Waals surface area contributed by atoms with E-state index < -0.39 is 16.1 Å². The van der Waals surface area contributed by atoms with E-state index in [0.29, 0.717) is 5.56 Å². The molecule has 0 spiro atoms. The molecule has 4 nitrogen and oxygen atoms in total. The fourth-order valence-electron chi connectivity index (χ4n) is 2.77. The van der Waals surface area contributed by atoms with Crippen LogP contribution in [0.25, 0.3) is 11.1 Å². The van der Waals surface area contributed by atoms with Gasteiger partial charge in [-0.2, -0.15) is 0 Å². The molecule has 0 amide bonds. The summed E-state index contributed by atoms with van der Waals surface area (Å²) < 4.78 is 21.3. The highest BCUT2D eigenvalue weighted by Crippen LogP contribution is 2.35. The third-order valence-corrected chi connectivity index (χ3v) is 6.95. The summed E-state index contributed by atoms with van der Waals surface area (Å²) in [5, 5.41) is 0. The van der Waals surface area contributed by atoms with Crippen molar-refractivity contribution < 1.29 is 14.1 Å². The first-order chi connectivity index (χ1) is 14.8. The van der Waals surface area contributed by atoms with Crippen LogP contribution in [0.2, 0.25) is 0 Å². The van der Waals surface area contributed by atoms with Gasteiger partial charge in [0.1, 0.15) is 16.1 Å². The number of nitrogens with zero attached hydrogens (tertiary/aromatic N) is 1. The van der Waals surface area contributed by atoms with Crippen LogP contribution in [0, 0.1) is 0 Å². The monoisotopic (exact) mass is 451 g/mol. The number of methoxy groups -OCH3 is 1. The van der Waals surface area contributed by atoms with Crippen molar-refractivity contribution in [3.8, 4) is 11.1 Å². The molecule has 0 aliphatic heterocycles. The second-order valence-corrected chi connectivity index (χ2v) is 10.8. The van der Waals surface area contributed by atoms with Gasteiger partial charge < -0.3 is 9.29 Å². The summed E-state index contributed by atoms with van der Waals surface area (Å²) >= 11 is 0.0858. The average molecular weight is 452 g/mol. The topological polar surface area (TPSA) is 61.7 Å². The molecule has 0 saturated heterocycles. The van der Waals surface area contributed by atoms with Crippen LogP contribution >= 0.6 is 11.8 Å².